The molecule has 0 aliphatic carbocycles. The van der Waals surface area contributed by atoms with Gasteiger partial charge in [0.25, 0.3) is 0 Å². The number of benzene rings is 1. The number of amides is 1. The van der Waals surface area contributed by atoms with Crippen LogP contribution in [0.2, 0.25) is 0 Å². The van der Waals surface area contributed by atoms with Crippen LogP contribution in [0.25, 0.3) is 0 Å². The number of nitrogens with zero attached hydrogens (tertiary/aromatic N) is 1. The van der Waals surface area contributed by atoms with Gasteiger partial charge in [-0.15, -0.1) is 0 Å². The minimum atomic E-state index is 0.0989. The lowest BCUT2D eigenvalue weighted by atomic mass is 10.1. The van der Waals surface area contributed by atoms with Gasteiger partial charge in [0.2, 0.25) is 5.91 Å². The number of thioether (sulfide) groups is 1. The smallest absolute Gasteiger partial charge is 0.220 e. The summed E-state index contributed by atoms with van der Waals surface area (Å²) in [5, 5.41) is 3.09. The molecule has 1 aliphatic heterocycles. The number of nitrogens with one attached hydrogen (secondary N) is 1. The van der Waals surface area contributed by atoms with Crippen molar-refractivity contribution in [2.24, 2.45) is 0 Å². The Labute approximate surface area is 147 Å². The topological polar surface area (TPSA) is 45.5 Å². The summed E-state index contributed by atoms with van der Waals surface area (Å²) in [5.41, 5.74) is 1.20. The van der Waals surface area contributed by atoms with Gasteiger partial charge in [0.15, 0.2) is 0 Å². The van der Waals surface area contributed by atoms with Crippen LogP contribution in [-0.2, 0) is 11.2 Å². The van der Waals surface area contributed by atoms with E-state index < -0.39 is 0 Å². The maximum Gasteiger partial charge on any atom is 0.220 e. The zero-order valence-electron chi connectivity index (χ0n) is 13.8. The molecule has 0 saturated carbocycles. The molecular weight excluding hydrogens is 320 g/mol. The summed E-state index contributed by atoms with van der Waals surface area (Å²) in [6.45, 7) is 2.68. The Hall–Kier alpha value is -1.72. The van der Waals surface area contributed by atoms with Crippen LogP contribution < -0.4 is 5.32 Å². The van der Waals surface area contributed by atoms with Gasteiger partial charge >= 0.3 is 0 Å². The molecule has 1 amide bonds. The molecular formula is C19H24N2O2S. The van der Waals surface area contributed by atoms with E-state index in [9.17, 15) is 4.79 Å². The van der Waals surface area contributed by atoms with Gasteiger partial charge in [0.1, 0.15) is 5.76 Å². The summed E-state index contributed by atoms with van der Waals surface area (Å²) in [7, 11) is 0. The normalized spacial score (nSPS) is 16.7. The maximum absolute atomic E-state index is 12.2. The maximum atomic E-state index is 12.2. The fourth-order valence-corrected chi connectivity index (χ4v) is 3.91. The van der Waals surface area contributed by atoms with E-state index in [2.05, 4.69) is 22.3 Å². The van der Waals surface area contributed by atoms with Gasteiger partial charge in [-0.25, -0.2) is 0 Å². The Morgan fingerprint density at radius 3 is 2.67 bits per heavy atom. The van der Waals surface area contributed by atoms with Crippen LogP contribution in [0, 0.1) is 0 Å². The Morgan fingerprint density at radius 1 is 1.17 bits per heavy atom. The van der Waals surface area contributed by atoms with Crippen molar-refractivity contribution in [3.8, 4) is 0 Å². The van der Waals surface area contributed by atoms with Crippen LogP contribution in [0.1, 0.15) is 23.8 Å². The molecule has 5 heteroatoms. The molecule has 24 heavy (non-hydrogen) atoms. The summed E-state index contributed by atoms with van der Waals surface area (Å²) in [5.74, 6) is 3.31. The lowest BCUT2D eigenvalue weighted by Gasteiger charge is -2.33. The van der Waals surface area contributed by atoms with E-state index in [0.29, 0.717) is 13.0 Å². The molecule has 0 radical (unpaired) electrons. The molecule has 0 bridgehead atoms. The van der Waals surface area contributed by atoms with Crippen molar-refractivity contribution < 1.29 is 9.21 Å². The number of aryl methyl sites for hydroxylation is 1. The van der Waals surface area contributed by atoms with E-state index in [1.165, 1.54) is 5.56 Å². The Bertz CT molecular complexity index is 610. The van der Waals surface area contributed by atoms with Gasteiger partial charge in [-0.3, -0.25) is 9.69 Å². The second kappa shape index (κ2) is 8.94. The molecule has 2 heterocycles. The number of carbonyl (C=O) groups excluding carboxylic acids is 1. The summed E-state index contributed by atoms with van der Waals surface area (Å²) in [4.78, 5) is 14.6. The molecule has 1 aromatic heterocycles. The molecule has 1 N–H and O–H groups in total. The average Bonchev–Trinajstić information content (AvgIpc) is 3.16. The van der Waals surface area contributed by atoms with Crippen LogP contribution in [0.15, 0.2) is 53.1 Å². The highest BCUT2D eigenvalue weighted by Crippen LogP contribution is 2.24. The van der Waals surface area contributed by atoms with E-state index in [1.54, 1.807) is 6.26 Å². The van der Waals surface area contributed by atoms with Crippen LogP contribution >= 0.6 is 11.8 Å². The highest BCUT2D eigenvalue weighted by atomic mass is 32.2. The van der Waals surface area contributed by atoms with Crippen LogP contribution in [-0.4, -0.2) is 41.9 Å². The Kier molecular flexibility index (Phi) is 6.38. The Morgan fingerprint density at radius 2 is 1.96 bits per heavy atom. The minimum absolute atomic E-state index is 0.0989. The molecule has 4 nitrogen and oxygen atoms in total. The van der Waals surface area contributed by atoms with Gasteiger partial charge in [-0.2, -0.15) is 11.8 Å². The summed E-state index contributed by atoms with van der Waals surface area (Å²) >= 11 is 1.98. The molecule has 1 saturated heterocycles. The second-order valence-electron chi connectivity index (χ2n) is 5.97. The summed E-state index contributed by atoms with van der Waals surface area (Å²) in [6, 6.07) is 14.2. The third kappa shape index (κ3) is 4.89. The standard InChI is InChI=1S/C19H24N2O2S/c22-19(9-8-16-5-2-1-3-6-16)20-15-17(18-7-4-12-23-18)21-10-13-24-14-11-21/h1-7,12,17H,8-11,13-15H2,(H,20,22)/t17-/m0/s1. The van der Waals surface area contributed by atoms with Gasteiger partial charge in [-0.05, 0) is 24.1 Å². The number of hydrogen-bond donors (Lipinski definition) is 1. The van der Waals surface area contributed by atoms with Crippen LogP contribution in [0.4, 0.5) is 0 Å². The first-order valence-corrected chi connectivity index (χ1v) is 9.64. The van der Waals surface area contributed by atoms with Crippen molar-refractivity contribution in [2.75, 3.05) is 31.1 Å². The van der Waals surface area contributed by atoms with Gasteiger partial charge < -0.3 is 9.73 Å². The number of hydrogen-bond acceptors (Lipinski definition) is 4. The first-order valence-electron chi connectivity index (χ1n) is 8.49. The van der Waals surface area contributed by atoms with Crippen molar-refractivity contribution in [1.29, 1.82) is 0 Å². The highest BCUT2D eigenvalue weighted by Gasteiger charge is 2.24. The van der Waals surface area contributed by atoms with Crippen molar-refractivity contribution in [3.63, 3.8) is 0 Å². The van der Waals surface area contributed by atoms with Crippen molar-refractivity contribution in [1.82, 2.24) is 10.2 Å². The highest BCUT2D eigenvalue weighted by molar-refractivity contribution is 7.99. The van der Waals surface area contributed by atoms with Crippen LogP contribution in [0.3, 0.4) is 0 Å². The predicted octanol–water partition coefficient (Wildman–Crippen LogP) is 3.12. The van der Waals surface area contributed by atoms with Crippen LogP contribution in [0.5, 0.6) is 0 Å². The first kappa shape index (κ1) is 17.1. The van der Waals surface area contributed by atoms with Gasteiger partial charge in [0.05, 0.1) is 12.3 Å². The van der Waals surface area contributed by atoms with Crippen molar-refractivity contribution in [2.45, 2.75) is 18.9 Å². The largest absolute Gasteiger partial charge is 0.468 e. The Balaban J connectivity index is 1.52. The molecule has 128 valence electrons. The third-order valence-electron chi connectivity index (χ3n) is 4.33. The SMILES string of the molecule is O=C(CCc1ccccc1)NC[C@@H](c1ccco1)N1CCSCC1. The minimum Gasteiger partial charge on any atom is -0.468 e. The lowest BCUT2D eigenvalue weighted by Crippen LogP contribution is -2.42. The molecule has 1 atom stereocenters. The van der Waals surface area contributed by atoms with E-state index in [0.717, 1.165) is 36.8 Å². The van der Waals surface area contributed by atoms with Crippen molar-refractivity contribution >= 4 is 17.7 Å². The fraction of sp³-hybridized carbons (Fsp3) is 0.421. The van der Waals surface area contributed by atoms with Gasteiger partial charge in [0, 0.05) is 37.6 Å². The monoisotopic (exact) mass is 344 g/mol. The number of rotatable bonds is 7. The first-order chi connectivity index (χ1) is 11.8. The third-order valence-corrected chi connectivity index (χ3v) is 5.28. The number of carbonyl (C=O) groups is 1. The molecule has 2 aromatic rings. The lowest BCUT2D eigenvalue weighted by molar-refractivity contribution is -0.121. The molecule has 1 aromatic carbocycles. The van der Waals surface area contributed by atoms with Crippen molar-refractivity contribution in [3.05, 3.63) is 60.1 Å². The molecule has 0 unspecified atom stereocenters. The molecule has 3 rings (SSSR count). The summed E-state index contributed by atoms with van der Waals surface area (Å²) in [6.07, 6.45) is 3.00. The molecule has 0 spiro atoms. The van der Waals surface area contributed by atoms with E-state index >= 15 is 0 Å². The second-order valence-corrected chi connectivity index (χ2v) is 7.19. The number of furan rings is 1. The fourth-order valence-electron chi connectivity index (χ4n) is 2.98. The van der Waals surface area contributed by atoms with E-state index in [1.807, 2.05) is 42.1 Å². The average molecular weight is 344 g/mol. The molecule has 1 aliphatic rings. The van der Waals surface area contributed by atoms with E-state index in [4.69, 9.17) is 4.42 Å². The zero-order valence-corrected chi connectivity index (χ0v) is 14.6. The summed E-state index contributed by atoms with van der Waals surface area (Å²) < 4.78 is 5.61. The molecule has 1 fully saturated rings. The van der Waals surface area contributed by atoms with E-state index in [-0.39, 0.29) is 11.9 Å². The predicted molar refractivity (Wildman–Crippen MR) is 98.1 cm³/mol. The van der Waals surface area contributed by atoms with Gasteiger partial charge in [-0.1, -0.05) is 30.3 Å². The quantitative estimate of drug-likeness (QED) is 0.838. The zero-order chi connectivity index (χ0) is 16.6.